The molecule has 0 amide bonds. The van der Waals surface area contributed by atoms with E-state index in [0.717, 1.165) is 12.8 Å². The predicted molar refractivity (Wildman–Crippen MR) is 35.3 cm³/mol. The van der Waals surface area contributed by atoms with Gasteiger partial charge >= 0.3 is 29.6 Å². The van der Waals surface area contributed by atoms with Gasteiger partial charge in [-0.05, 0) is 18.8 Å². The van der Waals surface area contributed by atoms with Crippen LogP contribution in [-0.2, 0) is 9.53 Å². The molecule has 4 heteroatoms. The molecule has 2 aliphatic rings. The van der Waals surface area contributed by atoms with Crippen LogP contribution in [0.4, 0.5) is 0 Å². The van der Waals surface area contributed by atoms with Gasteiger partial charge in [-0.3, -0.25) is 0 Å². The van der Waals surface area contributed by atoms with Gasteiger partial charge in [-0.1, -0.05) is 0 Å². The summed E-state index contributed by atoms with van der Waals surface area (Å²) in [7, 11) is 0. The Kier molecular flexibility index (Phi) is 3.21. The second-order valence-electron chi connectivity index (χ2n) is 3.14. The van der Waals surface area contributed by atoms with Gasteiger partial charge in [0.1, 0.15) is 0 Å². The summed E-state index contributed by atoms with van der Waals surface area (Å²) < 4.78 is 4.99. The monoisotopic (exact) mass is 176 g/mol. The summed E-state index contributed by atoms with van der Waals surface area (Å²) in [6.45, 7) is 0.682. The number of rotatable bonds is 1. The molecule has 0 aromatic heterocycles. The number of hydrogen-bond acceptors (Lipinski definition) is 3. The quantitative estimate of drug-likeness (QED) is 0.393. The summed E-state index contributed by atoms with van der Waals surface area (Å²) in [6.07, 6.45) is 3.42. The SMILES string of the molecule is O=C([O-])C1=COCC2CCC12.[Na+]. The van der Waals surface area contributed by atoms with Gasteiger partial charge < -0.3 is 14.6 Å². The molecule has 0 bridgehead atoms. The Balaban J connectivity index is 0.000000720. The molecule has 0 saturated heterocycles. The van der Waals surface area contributed by atoms with E-state index in [4.69, 9.17) is 4.74 Å². The number of aliphatic carboxylic acids is 1. The van der Waals surface area contributed by atoms with E-state index < -0.39 is 5.97 Å². The minimum absolute atomic E-state index is 0. The van der Waals surface area contributed by atoms with Gasteiger partial charge in [0.2, 0.25) is 0 Å². The van der Waals surface area contributed by atoms with E-state index in [1.807, 2.05) is 0 Å². The second-order valence-corrected chi connectivity index (χ2v) is 3.14. The molecule has 60 valence electrons. The third-order valence-corrected chi connectivity index (χ3v) is 2.57. The maximum Gasteiger partial charge on any atom is 1.00 e. The summed E-state index contributed by atoms with van der Waals surface area (Å²) in [5.74, 6) is -0.416. The van der Waals surface area contributed by atoms with Crippen LogP contribution in [0.3, 0.4) is 0 Å². The predicted octanol–water partition coefficient (Wildman–Crippen LogP) is -3.32. The van der Waals surface area contributed by atoms with Crippen LogP contribution in [0.2, 0.25) is 0 Å². The molecule has 0 N–H and O–H groups in total. The zero-order valence-corrected chi connectivity index (χ0v) is 9.08. The molecular weight excluding hydrogens is 167 g/mol. The Morgan fingerprint density at radius 1 is 1.58 bits per heavy atom. The minimum Gasteiger partial charge on any atom is -0.545 e. The van der Waals surface area contributed by atoms with Crippen molar-refractivity contribution in [2.24, 2.45) is 11.8 Å². The van der Waals surface area contributed by atoms with Crippen LogP contribution in [0.5, 0.6) is 0 Å². The van der Waals surface area contributed by atoms with Gasteiger partial charge in [-0.15, -0.1) is 0 Å². The number of carbonyl (C=O) groups is 1. The zero-order chi connectivity index (χ0) is 7.84. The third kappa shape index (κ3) is 1.53. The number of fused-ring (bicyclic) bond motifs is 1. The molecule has 3 nitrogen and oxygen atoms in total. The van der Waals surface area contributed by atoms with E-state index in [9.17, 15) is 9.90 Å². The summed E-state index contributed by atoms with van der Waals surface area (Å²) in [4.78, 5) is 10.5. The zero-order valence-electron chi connectivity index (χ0n) is 7.08. The van der Waals surface area contributed by atoms with Crippen LogP contribution in [0.15, 0.2) is 11.8 Å². The molecule has 1 aliphatic heterocycles. The van der Waals surface area contributed by atoms with Crippen LogP contribution in [0.1, 0.15) is 12.8 Å². The van der Waals surface area contributed by atoms with Crippen molar-refractivity contribution >= 4 is 5.97 Å². The van der Waals surface area contributed by atoms with Crippen LogP contribution in [0.25, 0.3) is 0 Å². The first-order chi connectivity index (χ1) is 5.29. The Labute approximate surface area is 93.1 Å². The minimum atomic E-state index is -1.07. The van der Waals surface area contributed by atoms with Gasteiger partial charge in [-0.2, -0.15) is 0 Å². The van der Waals surface area contributed by atoms with Crippen molar-refractivity contribution in [2.45, 2.75) is 12.8 Å². The molecular formula is C8H9NaO3. The van der Waals surface area contributed by atoms with E-state index in [-0.39, 0.29) is 35.5 Å². The van der Waals surface area contributed by atoms with Crippen molar-refractivity contribution in [1.29, 1.82) is 0 Å². The van der Waals surface area contributed by atoms with Crippen LogP contribution >= 0.6 is 0 Å². The normalized spacial score (nSPS) is 31.5. The van der Waals surface area contributed by atoms with E-state index >= 15 is 0 Å². The first-order valence-electron chi connectivity index (χ1n) is 3.82. The van der Waals surface area contributed by atoms with Gasteiger partial charge in [0.25, 0.3) is 0 Å². The Morgan fingerprint density at radius 2 is 2.33 bits per heavy atom. The van der Waals surface area contributed by atoms with Crippen molar-refractivity contribution in [1.82, 2.24) is 0 Å². The molecule has 2 rings (SSSR count). The Bertz CT molecular complexity index is 224. The molecule has 2 atom stereocenters. The second kappa shape index (κ2) is 3.81. The van der Waals surface area contributed by atoms with Crippen molar-refractivity contribution in [3.63, 3.8) is 0 Å². The number of carbonyl (C=O) groups excluding carboxylic acids is 1. The van der Waals surface area contributed by atoms with E-state index in [1.165, 1.54) is 6.26 Å². The van der Waals surface area contributed by atoms with Crippen LogP contribution in [-0.4, -0.2) is 12.6 Å². The number of ether oxygens (including phenoxy) is 1. The van der Waals surface area contributed by atoms with E-state index in [2.05, 4.69) is 0 Å². The first-order valence-corrected chi connectivity index (χ1v) is 3.82. The molecule has 12 heavy (non-hydrogen) atoms. The fourth-order valence-corrected chi connectivity index (χ4v) is 1.73. The standard InChI is InChI=1S/C8H10O3.Na/c9-8(10)7-4-11-3-5-1-2-6(5)7;/h4-6H,1-3H2,(H,9,10);/q;+1/p-1. The molecule has 1 saturated carbocycles. The van der Waals surface area contributed by atoms with Gasteiger partial charge in [0.15, 0.2) is 0 Å². The third-order valence-electron chi connectivity index (χ3n) is 2.57. The fraction of sp³-hybridized carbons (Fsp3) is 0.625. The van der Waals surface area contributed by atoms with E-state index in [1.54, 1.807) is 0 Å². The van der Waals surface area contributed by atoms with Crippen molar-refractivity contribution in [2.75, 3.05) is 6.61 Å². The average Bonchev–Trinajstić information content (AvgIpc) is 1.90. The molecule has 0 spiro atoms. The number of carboxylic acids is 1. The molecule has 1 heterocycles. The van der Waals surface area contributed by atoms with Crippen LogP contribution < -0.4 is 34.7 Å². The van der Waals surface area contributed by atoms with Crippen LogP contribution in [0, 0.1) is 11.8 Å². The number of hydrogen-bond donors (Lipinski definition) is 0. The van der Waals surface area contributed by atoms with Gasteiger partial charge in [0, 0.05) is 11.5 Å². The van der Waals surface area contributed by atoms with Gasteiger partial charge in [-0.25, -0.2) is 0 Å². The number of carboxylic acid groups (broad SMARTS) is 1. The summed E-state index contributed by atoms with van der Waals surface area (Å²) in [5.41, 5.74) is 0.354. The summed E-state index contributed by atoms with van der Waals surface area (Å²) >= 11 is 0. The molecule has 0 aromatic carbocycles. The molecule has 2 unspecified atom stereocenters. The first kappa shape index (κ1) is 10.1. The Morgan fingerprint density at radius 3 is 2.75 bits per heavy atom. The smallest absolute Gasteiger partial charge is 0.545 e. The summed E-state index contributed by atoms with van der Waals surface area (Å²) in [5, 5.41) is 10.5. The van der Waals surface area contributed by atoms with Gasteiger partial charge in [0.05, 0.1) is 18.8 Å². The fourth-order valence-electron chi connectivity index (χ4n) is 1.73. The van der Waals surface area contributed by atoms with Crippen molar-refractivity contribution in [3.8, 4) is 0 Å². The maximum atomic E-state index is 10.5. The topological polar surface area (TPSA) is 49.4 Å². The molecule has 0 aromatic rings. The van der Waals surface area contributed by atoms with Crippen molar-refractivity contribution in [3.05, 3.63) is 11.8 Å². The van der Waals surface area contributed by atoms with E-state index in [0.29, 0.717) is 18.1 Å². The summed E-state index contributed by atoms with van der Waals surface area (Å²) in [6, 6.07) is 0. The molecule has 1 aliphatic carbocycles. The molecule has 0 radical (unpaired) electrons. The van der Waals surface area contributed by atoms with Crippen molar-refractivity contribution < 1.29 is 44.2 Å². The Hall–Kier alpha value is 0.0100. The maximum absolute atomic E-state index is 10.5. The largest absolute Gasteiger partial charge is 1.00 e. The molecule has 1 fully saturated rings. The average molecular weight is 176 g/mol.